The standard InChI is InChI=1S/C17H19FN2O/c1-12-10-13(18)6-7-16(12)17(21)11-14-8-9-20(19-14)15-4-2-3-5-15/h6-10,15H,2-5,11H2,1H3. The number of hydrogen-bond acceptors (Lipinski definition) is 2. The van der Waals surface area contributed by atoms with Crippen LogP contribution in [0.2, 0.25) is 0 Å². The highest BCUT2D eigenvalue weighted by molar-refractivity contribution is 5.98. The molecule has 0 N–H and O–H groups in total. The summed E-state index contributed by atoms with van der Waals surface area (Å²) in [5.41, 5.74) is 2.04. The number of halogens is 1. The minimum absolute atomic E-state index is 0.0100. The molecule has 0 amide bonds. The van der Waals surface area contributed by atoms with Crippen molar-refractivity contribution in [3.05, 3.63) is 53.1 Å². The normalized spacial score (nSPS) is 15.5. The van der Waals surface area contributed by atoms with Crippen molar-refractivity contribution in [2.45, 2.75) is 45.1 Å². The van der Waals surface area contributed by atoms with E-state index in [-0.39, 0.29) is 18.0 Å². The lowest BCUT2D eigenvalue weighted by molar-refractivity contribution is 0.0991. The third kappa shape index (κ3) is 3.04. The molecule has 0 aliphatic heterocycles. The zero-order valence-corrected chi connectivity index (χ0v) is 12.2. The Labute approximate surface area is 123 Å². The zero-order valence-electron chi connectivity index (χ0n) is 12.2. The first kappa shape index (κ1) is 14.0. The van der Waals surface area contributed by atoms with Gasteiger partial charge in [0.2, 0.25) is 0 Å². The van der Waals surface area contributed by atoms with Crippen molar-refractivity contribution in [1.82, 2.24) is 9.78 Å². The van der Waals surface area contributed by atoms with Crippen molar-refractivity contribution in [3.8, 4) is 0 Å². The summed E-state index contributed by atoms with van der Waals surface area (Å²) in [4.78, 5) is 12.3. The number of benzene rings is 1. The summed E-state index contributed by atoms with van der Waals surface area (Å²) in [7, 11) is 0. The molecule has 0 atom stereocenters. The van der Waals surface area contributed by atoms with Crippen LogP contribution in [0, 0.1) is 12.7 Å². The predicted molar refractivity (Wildman–Crippen MR) is 78.9 cm³/mol. The molecule has 1 aromatic heterocycles. The fourth-order valence-electron chi connectivity index (χ4n) is 3.04. The number of carbonyl (C=O) groups is 1. The number of aryl methyl sites for hydroxylation is 1. The van der Waals surface area contributed by atoms with E-state index in [1.54, 1.807) is 13.0 Å². The lowest BCUT2D eigenvalue weighted by Gasteiger charge is -2.09. The average molecular weight is 286 g/mol. The molecule has 1 aliphatic rings. The number of hydrogen-bond donors (Lipinski definition) is 0. The van der Waals surface area contributed by atoms with Gasteiger partial charge in [-0.05, 0) is 49.6 Å². The van der Waals surface area contributed by atoms with E-state index in [0.717, 1.165) is 5.69 Å². The molecule has 1 aliphatic carbocycles. The maximum atomic E-state index is 13.1. The van der Waals surface area contributed by atoms with Crippen LogP contribution in [0.4, 0.5) is 4.39 Å². The Hall–Kier alpha value is -1.97. The Bertz CT molecular complexity index is 657. The molecule has 21 heavy (non-hydrogen) atoms. The summed E-state index contributed by atoms with van der Waals surface area (Å²) in [5, 5.41) is 4.53. The van der Waals surface area contributed by atoms with E-state index in [1.165, 1.54) is 37.8 Å². The molecule has 4 heteroatoms. The molecule has 3 rings (SSSR count). The topological polar surface area (TPSA) is 34.9 Å². The molecular weight excluding hydrogens is 267 g/mol. The molecule has 0 saturated heterocycles. The summed E-state index contributed by atoms with van der Waals surface area (Å²) in [6.45, 7) is 1.76. The fourth-order valence-corrected chi connectivity index (χ4v) is 3.04. The summed E-state index contributed by atoms with van der Waals surface area (Å²) in [6.07, 6.45) is 7.10. The molecule has 1 saturated carbocycles. The van der Waals surface area contributed by atoms with E-state index in [0.29, 0.717) is 17.2 Å². The second kappa shape index (κ2) is 5.80. The maximum Gasteiger partial charge on any atom is 0.169 e. The Morgan fingerprint density at radius 2 is 2.10 bits per heavy atom. The van der Waals surface area contributed by atoms with E-state index < -0.39 is 0 Å². The molecule has 1 heterocycles. The monoisotopic (exact) mass is 286 g/mol. The van der Waals surface area contributed by atoms with Gasteiger partial charge in [0, 0.05) is 11.8 Å². The number of carbonyl (C=O) groups excluding carboxylic acids is 1. The lowest BCUT2D eigenvalue weighted by Crippen LogP contribution is -2.09. The van der Waals surface area contributed by atoms with E-state index in [2.05, 4.69) is 5.10 Å². The van der Waals surface area contributed by atoms with Gasteiger partial charge < -0.3 is 0 Å². The van der Waals surface area contributed by atoms with Gasteiger partial charge in [-0.15, -0.1) is 0 Å². The summed E-state index contributed by atoms with van der Waals surface area (Å²) < 4.78 is 15.1. The van der Waals surface area contributed by atoms with Gasteiger partial charge in [0.05, 0.1) is 18.2 Å². The van der Waals surface area contributed by atoms with Gasteiger partial charge in [-0.3, -0.25) is 9.48 Å². The van der Waals surface area contributed by atoms with E-state index in [4.69, 9.17) is 0 Å². The van der Waals surface area contributed by atoms with Gasteiger partial charge in [-0.1, -0.05) is 12.8 Å². The number of aromatic nitrogens is 2. The largest absolute Gasteiger partial charge is 0.294 e. The molecule has 0 unspecified atom stereocenters. The second-order valence-corrected chi connectivity index (χ2v) is 5.78. The highest BCUT2D eigenvalue weighted by Gasteiger charge is 2.18. The quantitative estimate of drug-likeness (QED) is 0.800. The molecular formula is C17H19FN2O. The third-order valence-electron chi connectivity index (χ3n) is 4.19. The van der Waals surface area contributed by atoms with Crippen LogP contribution in [0.15, 0.2) is 30.5 Å². The predicted octanol–water partition coefficient (Wildman–Crippen LogP) is 3.87. The van der Waals surface area contributed by atoms with Crippen molar-refractivity contribution < 1.29 is 9.18 Å². The lowest BCUT2D eigenvalue weighted by atomic mass is 10.0. The molecule has 1 aromatic carbocycles. The van der Waals surface area contributed by atoms with Crippen molar-refractivity contribution >= 4 is 5.78 Å². The van der Waals surface area contributed by atoms with Crippen molar-refractivity contribution in [3.63, 3.8) is 0 Å². The molecule has 0 radical (unpaired) electrons. The van der Waals surface area contributed by atoms with Gasteiger partial charge in [0.25, 0.3) is 0 Å². The molecule has 2 aromatic rings. The minimum Gasteiger partial charge on any atom is -0.294 e. The Morgan fingerprint density at radius 3 is 2.81 bits per heavy atom. The Balaban J connectivity index is 1.72. The van der Waals surface area contributed by atoms with Crippen LogP contribution in [-0.2, 0) is 6.42 Å². The molecule has 3 nitrogen and oxygen atoms in total. The third-order valence-corrected chi connectivity index (χ3v) is 4.19. The van der Waals surface area contributed by atoms with Crippen LogP contribution in [0.25, 0.3) is 0 Å². The zero-order chi connectivity index (χ0) is 14.8. The van der Waals surface area contributed by atoms with Gasteiger partial charge in [0.15, 0.2) is 5.78 Å². The SMILES string of the molecule is Cc1cc(F)ccc1C(=O)Cc1ccn(C2CCCC2)n1. The summed E-state index contributed by atoms with van der Waals surface area (Å²) in [5.74, 6) is -0.321. The average Bonchev–Trinajstić information content (AvgIpc) is 3.08. The van der Waals surface area contributed by atoms with Crippen molar-refractivity contribution in [2.75, 3.05) is 0 Å². The second-order valence-electron chi connectivity index (χ2n) is 5.78. The van der Waals surface area contributed by atoms with Crippen LogP contribution in [0.1, 0.15) is 53.3 Å². The number of ketones is 1. The van der Waals surface area contributed by atoms with Crippen LogP contribution in [-0.4, -0.2) is 15.6 Å². The minimum atomic E-state index is -0.311. The molecule has 1 fully saturated rings. The number of Topliss-reactive ketones (excluding diaryl/α,β-unsaturated/α-hetero) is 1. The smallest absolute Gasteiger partial charge is 0.169 e. The fraction of sp³-hybridized carbons (Fsp3) is 0.412. The van der Waals surface area contributed by atoms with Gasteiger partial charge >= 0.3 is 0 Å². The Morgan fingerprint density at radius 1 is 1.33 bits per heavy atom. The molecule has 0 spiro atoms. The van der Waals surface area contributed by atoms with Gasteiger partial charge in [-0.25, -0.2) is 4.39 Å². The van der Waals surface area contributed by atoms with E-state index in [1.807, 2.05) is 16.9 Å². The van der Waals surface area contributed by atoms with E-state index in [9.17, 15) is 9.18 Å². The first-order valence-corrected chi connectivity index (χ1v) is 7.47. The van der Waals surface area contributed by atoms with Crippen LogP contribution in [0.5, 0.6) is 0 Å². The molecule has 0 bridgehead atoms. The summed E-state index contributed by atoms with van der Waals surface area (Å²) >= 11 is 0. The van der Waals surface area contributed by atoms with Crippen LogP contribution < -0.4 is 0 Å². The van der Waals surface area contributed by atoms with Crippen LogP contribution in [0.3, 0.4) is 0 Å². The van der Waals surface area contributed by atoms with Crippen molar-refractivity contribution in [2.24, 2.45) is 0 Å². The first-order chi connectivity index (χ1) is 10.1. The van der Waals surface area contributed by atoms with Crippen LogP contribution >= 0.6 is 0 Å². The first-order valence-electron chi connectivity index (χ1n) is 7.47. The highest BCUT2D eigenvalue weighted by atomic mass is 19.1. The van der Waals surface area contributed by atoms with E-state index >= 15 is 0 Å². The maximum absolute atomic E-state index is 13.1. The highest BCUT2D eigenvalue weighted by Crippen LogP contribution is 2.28. The number of nitrogens with zero attached hydrogens (tertiary/aromatic N) is 2. The number of rotatable bonds is 4. The van der Waals surface area contributed by atoms with Crippen molar-refractivity contribution in [1.29, 1.82) is 0 Å². The molecule has 110 valence electrons. The summed E-state index contributed by atoms with van der Waals surface area (Å²) in [6, 6.07) is 6.68. The van der Waals surface area contributed by atoms with Gasteiger partial charge in [-0.2, -0.15) is 5.10 Å². The van der Waals surface area contributed by atoms with Gasteiger partial charge in [0.1, 0.15) is 5.82 Å². The Kier molecular flexibility index (Phi) is 3.86.